The van der Waals surface area contributed by atoms with Crippen LogP contribution in [0.25, 0.3) is 16.7 Å². The van der Waals surface area contributed by atoms with Gasteiger partial charge < -0.3 is 15.1 Å². The summed E-state index contributed by atoms with van der Waals surface area (Å²) >= 11 is 0. The van der Waals surface area contributed by atoms with Gasteiger partial charge in [0.1, 0.15) is 6.33 Å². The maximum atomic E-state index is 12.7. The number of carbonyl (C=O) groups excluding carboxylic acids is 1. The number of benzene rings is 3. The second-order valence-corrected chi connectivity index (χ2v) is 8.70. The number of para-hydroxylation sites is 2. The third kappa shape index (κ3) is 4.97. The van der Waals surface area contributed by atoms with E-state index in [-0.39, 0.29) is 5.91 Å². The molecular weight excluding hydrogens is 410 g/mol. The SMILES string of the molecule is CN1CCN(CCc2ccc(NC(=O)c3ccc(-n4cnc5ccccc54)cc3)cc2)CC1. The van der Waals surface area contributed by atoms with E-state index in [9.17, 15) is 4.79 Å². The van der Waals surface area contributed by atoms with Gasteiger partial charge in [-0.05, 0) is 67.6 Å². The summed E-state index contributed by atoms with van der Waals surface area (Å²) in [5, 5.41) is 3.01. The van der Waals surface area contributed by atoms with Crippen LogP contribution in [0.5, 0.6) is 0 Å². The van der Waals surface area contributed by atoms with Crippen LogP contribution >= 0.6 is 0 Å². The normalized spacial score (nSPS) is 15.1. The quantitative estimate of drug-likeness (QED) is 0.492. The summed E-state index contributed by atoms with van der Waals surface area (Å²) < 4.78 is 2.03. The summed E-state index contributed by atoms with van der Waals surface area (Å²) in [6.07, 6.45) is 2.84. The van der Waals surface area contributed by atoms with Gasteiger partial charge in [-0.1, -0.05) is 24.3 Å². The number of nitrogens with one attached hydrogen (secondary N) is 1. The third-order valence-corrected chi connectivity index (χ3v) is 6.39. The Labute approximate surface area is 194 Å². The number of amides is 1. The standard InChI is InChI=1S/C27H29N5O/c1-30-16-18-31(19-17-30)15-14-21-6-10-23(11-7-21)29-27(33)22-8-12-24(13-9-22)32-20-28-25-4-2-3-5-26(25)32/h2-13,20H,14-19H2,1H3,(H,29,33). The van der Waals surface area contributed by atoms with Crippen LogP contribution in [0.3, 0.4) is 0 Å². The molecule has 2 heterocycles. The maximum absolute atomic E-state index is 12.7. The van der Waals surface area contributed by atoms with Crippen molar-refractivity contribution in [1.29, 1.82) is 0 Å². The molecule has 1 aromatic heterocycles. The minimum absolute atomic E-state index is 0.109. The van der Waals surface area contributed by atoms with E-state index in [0.29, 0.717) is 5.56 Å². The molecule has 5 rings (SSSR count). The minimum atomic E-state index is -0.109. The molecule has 1 aliphatic rings. The average Bonchev–Trinajstić information content (AvgIpc) is 3.29. The van der Waals surface area contributed by atoms with Gasteiger partial charge in [0.15, 0.2) is 0 Å². The first-order valence-corrected chi connectivity index (χ1v) is 11.5. The van der Waals surface area contributed by atoms with Crippen molar-refractivity contribution in [3.8, 4) is 5.69 Å². The van der Waals surface area contributed by atoms with Crippen molar-refractivity contribution in [1.82, 2.24) is 19.4 Å². The first-order valence-electron chi connectivity index (χ1n) is 11.5. The van der Waals surface area contributed by atoms with Crippen molar-refractivity contribution >= 4 is 22.6 Å². The molecule has 0 atom stereocenters. The lowest BCUT2D eigenvalue weighted by molar-refractivity contribution is 0.102. The van der Waals surface area contributed by atoms with Crippen LogP contribution in [0, 0.1) is 0 Å². The fraction of sp³-hybridized carbons (Fsp3) is 0.259. The van der Waals surface area contributed by atoms with E-state index in [4.69, 9.17) is 0 Å². The molecule has 0 saturated carbocycles. The third-order valence-electron chi connectivity index (χ3n) is 6.39. The topological polar surface area (TPSA) is 53.4 Å². The maximum Gasteiger partial charge on any atom is 0.255 e. The lowest BCUT2D eigenvalue weighted by Gasteiger charge is -2.32. The van der Waals surface area contributed by atoms with Crippen molar-refractivity contribution in [2.24, 2.45) is 0 Å². The highest BCUT2D eigenvalue weighted by Crippen LogP contribution is 2.19. The molecule has 6 nitrogen and oxygen atoms in total. The molecule has 1 N–H and O–H groups in total. The predicted molar refractivity (Wildman–Crippen MR) is 133 cm³/mol. The zero-order valence-corrected chi connectivity index (χ0v) is 18.9. The average molecular weight is 440 g/mol. The minimum Gasteiger partial charge on any atom is -0.322 e. The van der Waals surface area contributed by atoms with Gasteiger partial charge in [-0.2, -0.15) is 0 Å². The van der Waals surface area contributed by atoms with E-state index in [1.807, 2.05) is 71.6 Å². The summed E-state index contributed by atoms with van der Waals surface area (Å²) in [6.45, 7) is 5.65. The Morgan fingerprint density at radius 3 is 2.39 bits per heavy atom. The molecule has 0 radical (unpaired) electrons. The van der Waals surface area contributed by atoms with Crippen molar-refractivity contribution < 1.29 is 4.79 Å². The lowest BCUT2D eigenvalue weighted by Crippen LogP contribution is -2.45. The molecule has 0 bridgehead atoms. The molecule has 33 heavy (non-hydrogen) atoms. The second-order valence-electron chi connectivity index (χ2n) is 8.70. The Kier molecular flexibility index (Phi) is 6.19. The van der Waals surface area contributed by atoms with Crippen molar-refractivity contribution in [3.63, 3.8) is 0 Å². The van der Waals surface area contributed by atoms with E-state index in [1.54, 1.807) is 0 Å². The van der Waals surface area contributed by atoms with Gasteiger partial charge in [-0.25, -0.2) is 4.98 Å². The number of nitrogens with zero attached hydrogens (tertiary/aromatic N) is 4. The van der Waals surface area contributed by atoms with Crippen LogP contribution < -0.4 is 5.32 Å². The van der Waals surface area contributed by atoms with Crippen LogP contribution in [-0.4, -0.2) is 65.0 Å². The molecule has 0 spiro atoms. The van der Waals surface area contributed by atoms with E-state index < -0.39 is 0 Å². The first-order chi connectivity index (χ1) is 16.2. The molecular formula is C27H29N5O. The highest BCUT2D eigenvalue weighted by atomic mass is 16.1. The Balaban J connectivity index is 1.18. The van der Waals surface area contributed by atoms with Gasteiger partial charge in [0.2, 0.25) is 0 Å². The molecule has 0 aliphatic carbocycles. The van der Waals surface area contributed by atoms with Gasteiger partial charge >= 0.3 is 0 Å². The van der Waals surface area contributed by atoms with E-state index in [2.05, 4.69) is 39.3 Å². The number of carbonyl (C=O) groups is 1. The number of hydrogen-bond donors (Lipinski definition) is 1. The zero-order valence-electron chi connectivity index (χ0n) is 18.9. The second kappa shape index (κ2) is 9.57. The van der Waals surface area contributed by atoms with Gasteiger partial charge in [0.05, 0.1) is 11.0 Å². The number of likely N-dealkylation sites (N-methyl/N-ethyl adjacent to an activating group) is 1. The summed E-state index contributed by atoms with van der Waals surface area (Å²) in [5.41, 5.74) is 5.71. The molecule has 1 fully saturated rings. The highest BCUT2D eigenvalue weighted by molar-refractivity contribution is 6.04. The van der Waals surface area contributed by atoms with E-state index in [0.717, 1.165) is 61.6 Å². The summed E-state index contributed by atoms with van der Waals surface area (Å²) in [7, 11) is 2.18. The summed E-state index contributed by atoms with van der Waals surface area (Å²) in [4.78, 5) is 22.1. The Morgan fingerprint density at radius 2 is 1.64 bits per heavy atom. The summed E-state index contributed by atoms with van der Waals surface area (Å²) in [6, 6.07) is 23.8. The molecule has 4 aromatic rings. The van der Waals surface area contributed by atoms with Gasteiger partial charge in [-0.3, -0.25) is 9.36 Å². The highest BCUT2D eigenvalue weighted by Gasteiger charge is 2.13. The van der Waals surface area contributed by atoms with Crippen LogP contribution in [0.15, 0.2) is 79.1 Å². The molecule has 3 aromatic carbocycles. The molecule has 1 amide bonds. The molecule has 0 unspecified atom stereocenters. The van der Waals surface area contributed by atoms with E-state index in [1.165, 1.54) is 5.56 Å². The van der Waals surface area contributed by atoms with Crippen molar-refractivity contribution in [3.05, 3.63) is 90.3 Å². The van der Waals surface area contributed by atoms with Gasteiger partial charge in [0.25, 0.3) is 5.91 Å². The molecule has 1 saturated heterocycles. The largest absolute Gasteiger partial charge is 0.322 e. The molecule has 1 aliphatic heterocycles. The van der Waals surface area contributed by atoms with Gasteiger partial charge in [-0.15, -0.1) is 0 Å². The monoisotopic (exact) mass is 439 g/mol. The number of rotatable bonds is 6. The number of hydrogen-bond acceptors (Lipinski definition) is 4. The van der Waals surface area contributed by atoms with Gasteiger partial charge in [0, 0.05) is 49.7 Å². The zero-order chi connectivity index (χ0) is 22.6. The van der Waals surface area contributed by atoms with Crippen LogP contribution in [-0.2, 0) is 6.42 Å². The number of fused-ring (bicyclic) bond motifs is 1. The number of piperazine rings is 1. The van der Waals surface area contributed by atoms with Crippen molar-refractivity contribution in [2.45, 2.75) is 6.42 Å². The number of aromatic nitrogens is 2. The smallest absolute Gasteiger partial charge is 0.255 e. The number of imidazole rings is 1. The van der Waals surface area contributed by atoms with Crippen LogP contribution in [0.4, 0.5) is 5.69 Å². The Bertz CT molecular complexity index is 1220. The fourth-order valence-corrected chi connectivity index (χ4v) is 4.26. The van der Waals surface area contributed by atoms with Crippen molar-refractivity contribution in [2.75, 3.05) is 45.1 Å². The van der Waals surface area contributed by atoms with E-state index >= 15 is 0 Å². The Morgan fingerprint density at radius 1 is 0.909 bits per heavy atom. The number of anilines is 1. The predicted octanol–water partition coefficient (Wildman–Crippen LogP) is 4.07. The summed E-state index contributed by atoms with van der Waals surface area (Å²) in [5.74, 6) is -0.109. The molecule has 168 valence electrons. The lowest BCUT2D eigenvalue weighted by atomic mass is 10.1. The molecule has 6 heteroatoms. The fourth-order valence-electron chi connectivity index (χ4n) is 4.26. The van der Waals surface area contributed by atoms with Crippen LogP contribution in [0.1, 0.15) is 15.9 Å². The van der Waals surface area contributed by atoms with Crippen LogP contribution in [0.2, 0.25) is 0 Å². The first kappa shape index (κ1) is 21.4. The Hall–Kier alpha value is -3.48.